The monoisotopic (exact) mass is 401 g/mol. The van der Waals surface area contributed by atoms with E-state index in [1.807, 2.05) is 35.2 Å². The number of hydrogen-bond acceptors (Lipinski definition) is 5. The number of benzene rings is 1. The van der Waals surface area contributed by atoms with E-state index in [9.17, 15) is 14.7 Å². The van der Waals surface area contributed by atoms with Gasteiger partial charge in [-0.25, -0.2) is 4.79 Å². The van der Waals surface area contributed by atoms with Crippen LogP contribution in [0.3, 0.4) is 0 Å². The van der Waals surface area contributed by atoms with Crippen LogP contribution in [0.5, 0.6) is 0 Å². The molecule has 7 nitrogen and oxygen atoms in total. The van der Waals surface area contributed by atoms with Gasteiger partial charge in [-0.1, -0.05) is 36.8 Å². The van der Waals surface area contributed by atoms with Gasteiger partial charge >= 0.3 is 6.09 Å². The molecule has 0 unspecified atom stereocenters. The molecule has 2 heterocycles. The van der Waals surface area contributed by atoms with Crippen LogP contribution >= 0.6 is 0 Å². The summed E-state index contributed by atoms with van der Waals surface area (Å²) >= 11 is 0. The number of carbonyl (C=O) groups is 2. The topological polar surface area (TPSA) is 73.3 Å². The summed E-state index contributed by atoms with van der Waals surface area (Å²) in [5.74, 6) is -0.0614. The molecular formula is C22H31N3O4. The number of hydrogen-bond donors (Lipinski definition) is 1. The molecule has 158 valence electrons. The van der Waals surface area contributed by atoms with Gasteiger partial charge in [-0.3, -0.25) is 14.6 Å². The van der Waals surface area contributed by atoms with Crippen LogP contribution in [0.4, 0.5) is 4.79 Å². The Hall–Kier alpha value is -2.12. The molecule has 1 saturated carbocycles. The molecule has 0 aromatic heterocycles. The van der Waals surface area contributed by atoms with E-state index in [-0.39, 0.29) is 25.5 Å². The highest BCUT2D eigenvalue weighted by Gasteiger charge is 2.42. The van der Waals surface area contributed by atoms with Gasteiger partial charge in [-0.2, -0.15) is 0 Å². The quantitative estimate of drug-likeness (QED) is 0.834. The van der Waals surface area contributed by atoms with Crippen molar-refractivity contribution in [1.82, 2.24) is 14.7 Å². The number of β-amino-alcohol motifs (C(OH)–C–C–N with tert-alkyl or cyclic N) is 1. The second-order valence-electron chi connectivity index (χ2n) is 8.40. The number of aliphatic hydroxyl groups is 1. The van der Waals surface area contributed by atoms with Crippen molar-refractivity contribution < 1.29 is 19.4 Å². The highest BCUT2D eigenvalue weighted by Crippen LogP contribution is 2.26. The average Bonchev–Trinajstić information content (AvgIpc) is 2.93. The Morgan fingerprint density at radius 2 is 1.83 bits per heavy atom. The highest BCUT2D eigenvalue weighted by atomic mass is 16.6. The number of likely N-dealkylation sites (tertiary alicyclic amines) is 1. The van der Waals surface area contributed by atoms with Gasteiger partial charge in [0.1, 0.15) is 12.6 Å². The molecule has 0 radical (unpaired) electrons. The van der Waals surface area contributed by atoms with Gasteiger partial charge < -0.3 is 14.7 Å². The first kappa shape index (κ1) is 20.2. The molecular weight excluding hydrogens is 370 g/mol. The van der Waals surface area contributed by atoms with Gasteiger partial charge in [-0.05, 0) is 24.8 Å². The Morgan fingerprint density at radius 1 is 1.03 bits per heavy atom. The van der Waals surface area contributed by atoms with Crippen LogP contribution in [-0.2, 0) is 16.1 Å². The zero-order valence-corrected chi connectivity index (χ0v) is 16.9. The molecule has 4 rings (SSSR count). The summed E-state index contributed by atoms with van der Waals surface area (Å²) in [7, 11) is 0. The highest BCUT2D eigenvalue weighted by molar-refractivity contribution is 5.86. The second kappa shape index (κ2) is 9.13. The van der Waals surface area contributed by atoms with Crippen LogP contribution in [0.25, 0.3) is 0 Å². The van der Waals surface area contributed by atoms with Gasteiger partial charge in [0.2, 0.25) is 5.91 Å². The largest absolute Gasteiger partial charge is 0.445 e. The van der Waals surface area contributed by atoms with Gasteiger partial charge in [0.05, 0.1) is 12.6 Å². The first-order valence-electron chi connectivity index (χ1n) is 10.8. The van der Waals surface area contributed by atoms with Gasteiger partial charge in [0.15, 0.2) is 0 Å². The van der Waals surface area contributed by atoms with Crippen molar-refractivity contribution in [1.29, 1.82) is 0 Å². The van der Waals surface area contributed by atoms with E-state index in [4.69, 9.17) is 4.74 Å². The minimum Gasteiger partial charge on any atom is -0.445 e. The fourth-order valence-electron chi connectivity index (χ4n) is 4.54. The summed E-state index contributed by atoms with van der Waals surface area (Å²) < 4.78 is 5.42. The maximum atomic E-state index is 13.2. The molecule has 2 amide bonds. The van der Waals surface area contributed by atoms with Crippen molar-refractivity contribution in [3.05, 3.63) is 35.9 Å². The summed E-state index contributed by atoms with van der Waals surface area (Å²) in [5.41, 5.74) is 0.895. The van der Waals surface area contributed by atoms with Crippen LogP contribution in [0.15, 0.2) is 30.3 Å². The molecule has 7 heteroatoms. The lowest BCUT2D eigenvalue weighted by Crippen LogP contribution is -2.49. The van der Waals surface area contributed by atoms with Crippen molar-refractivity contribution in [3.8, 4) is 0 Å². The number of ether oxygens (including phenoxy) is 1. The molecule has 1 aromatic rings. The summed E-state index contributed by atoms with van der Waals surface area (Å²) in [4.78, 5) is 31.6. The fraction of sp³-hybridized carbons (Fsp3) is 0.636. The predicted molar refractivity (Wildman–Crippen MR) is 108 cm³/mol. The van der Waals surface area contributed by atoms with Crippen molar-refractivity contribution in [2.45, 2.75) is 56.9 Å². The first-order chi connectivity index (χ1) is 14.1. The van der Waals surface area contributed by atoms with E-state index in [0.717, 1.165) is 25.1 Å². The summed E-state index contributed by atoms with van der Waals surface area (Å²) in [6, 6.07) is 9.51. The van der Waals surface area contributed by atoms with E-state index in [2.05, 4.69) is 4.90 Å². The smallest absolute Gasteiger partial charge is 0.410 e. The summed E-state index contributed by atoms with van der Waals surface area (Å²) in [5, 5.41) is 10.1. The van der Waals surface area contributed by atoms with E-state index in [1.54, 1.807) is 0 Å². The zero-order valence-electron chi connectivity index (χ0n) is 16.9. The molecule has 2 aliphatic heterocycles. The van der Waals surface area contributed by atoms with Crippen molar-refractivity contribution in [2.75, 3.05) is 32.7 Å². The SMILES string of the molecule is O=C([C@H]1C[C@@H](O)CN1C(=O)OCc1ccccc1)N1CCCN(C2CCC2)CC1. The lowest BCUT2D eigenvalue weighted by molar-refractivity contribution is -0.135. The second-order valence-corrected chi connectivity index (χ2v) is 8.40. The molecule has 3 fully saturated rings. The normalized spacial score (nSPS) is 26.1. The average molecular weight is 402 g/mol. The third-order valence-corrected chi connectivity index (χ3v) is 6.44. The minimum atomic E-state index is -0.688. The van der Waals surface area contributed by atoms with Gasteiger partial charge in [0.25, 0.3) is 0 Å². The lowest BCUT2D eigenvalue weighted by atomic mass is 9.91. The Bertz CT molecular complexity index is 709. The van der Waals surface area contributed by atoms with Crippen LogP contribution < -0.4 is 0 Å². The molecule has 29 heavy (non-hydrogen) atoms. The van der Waals surface area contributed by atoms with Crippen molar-refractivity contribution in [2.24, 2.45) is 0 Å². The molecule has 2 saturated heterocycles. The number of rotatable bonds is 4. The summed E-state index contributed by atoms with van der Waals surface area (Å²) in [6.45, 7) is 3.63. The van der Waals surface area contributed by atoms with Crippen LogP contribution in [-0.4, -0.2) is 82.7 Å². The van der Waals surface area contributed by atoms with E-state index in [0.29, 0.717) is 19.1 Å². The third-order valence-electron chi connectivity index (χ3n) is 6.44. The van der Waals surface area contributed by atoms with Crippen molar-refractivity contribution in [3.63, 3.8) is 0 Å². The molecule has 0 spiro atoms. The third kappa shape index (κ3) is 4.73. The number of amides is 2. The first-order valence-corrected chi connectivity index (χ1v) is 10.8. The Morgan fingerprint density at radius 3 is 2.55 bits per heavy atom. The fourth-order valence-corrected chi connectivity index (χ4v) is 4.54. The van der Waals surface area contributed by atoms with E-state index in [1.165, 1.54) is 24.2 Å². The zero-order chi connectivity index (χ0) is 20.2. The molecule has 3 aliphatic rings. The maximum Gasteiger partial charge on any atom is 0.410 e. The Labute approximate surface area is 172 Å². The Balaban J connectivity index is 1.35. The minimum absolute atomic E-state index is 0.0614. The van der Waals surface area contributed by atoms with E-state index < -0.39 is 18.2 Å². The summed E-state index contributed by atoms with van der Waals surface area (Å²) in [6.07, 6.45) is 3.86. The van der Waals surface area contributed by atoms with Crippen LogP contribution in [0.2, 0.25) is 0 Å². The molecule has 1 aromatic carbocycles. The van der Waals surface area contributed by atoms with Crippen molar-refractivity contribution >= 4 is 12.0 Å². The van der Waals surface area contributed by atoms with Gasteiger partial charge in [0, 0.05) is 38.6 Å². The number of aliphatic hydroxyl groups excluding tert-OH is 1. The molecule has 2 atom stereocenters. The number of carbonyl (C=O) groups excluding carboxylic acids is 2. The molecule has 0 bridgehead atoms. The van der Waals surface area contributed by atoms with Gasteiger partial charge in [-0.15, -0.1) is 0 Å². The standard InChI is InChI=1S/C22H31N3O4/c26-19-14-20(25(15-19)22(28)29-16-17-6-2-1-3-7-17)21(27)24-11-5-10-23(12-13-24)18-8-4-9-18/h1-3,6-7,18-20,26H,4-5,8-16H2/t19-,20-/m1/s1. The molecule has 1 N–H and O–H groups in total. The van der Waals surface area contributed by atoms with Crippen LogP contribution in [0, 0.1) is 0 Å². The maximum absolute atomic E-state index is 13.2. The predicted octanol–water partition coefficient (Wildman–Crippen LogP) is 1.85. The molecule has 1 aliphatic carbocycles. The Kier molecular flexibility index (Phi) is 6.35. The lowest BCUT2D eigenvalue weighted by Gasteiger charge is -2.36. The van der Waals surface area contributed by atoms with Crippen LogP contribution in [0.1, 0.15) is 37.7 Å². The van der Waals surface area contributed by atoms with E-state index >= 15 is 0 Å². The number of nitrogens with zero attached hydrogens (tertiary/aromatic N) is 3.